The summed E-state index contributed by atoms with van der Waals surface area (Å²) >= 11 is 7.80. The maximum atomic E-state index is 11.7. The summed E-state index contributed by atoms with van der Waals surface area (Å²) in [6.45, 7) is 1.79. The number of carbonyl (C=O) groups excluding carboxylic acids is 1. The second-order valence-electron chi connectivity index (χ2n) is 3.72. The molecule has 2 N–H and O–H groups in total. The average molecular weight is 411 g/mol. The van der Waals surface area contributed by atoms with E-state index in [0.29, 0.717) is 12.1 Å². The second kappa shape index (κ2) is 7.91. The highest BCUT2D eigenvalue weighted by atomic mass is 79.9. The maximum Gasteiger partial charge on any atom is 0.316 e. The molecular formula is C12H13Br2NO3S. The number of carboxylic acids is 1. The lowest BCUT2D eigenvalue weighted by Gasteiger charge is -2.10. The van der Waals surface area contributed by atoms with Gasteiger partial charge in [-0.3, -0.25) is 9.59 Å². The van der Waals surface area contributed by atoms with Crippen molar-refractivity contribution in [2.45, 2.75) is 18.6 Å². The number of anilines is 1. The van der Waals surface area contributed by atoms with Crippen molar-refractivity contribution in [3.05, 3.63) is 27.1 Å². The van der Waals surface area contributed by atoms with Crippen LogP contribution >= 0.6 is 43.6 Å². The van der Waals surface area contributed by atoms with Crippen LogP contribution in [-0.4, -0.2) is 28.0 Å². The van der Waals surface area contributed by atoms with E-state index in [0.717, 1.165) is 20.7 Å². The van der Waals surface area contributed by atoms with E-state index in [1.165, 1.54) is 0 Å². The Labute approximate surface area is 132 Å². The lowest BCUT2D eigenvalue weighted by Crippen LogP contribution is -2.21. The van der Waals surface area contributed by atoms with Gasteiger partial charge in [-0.15, -0.1) is 11.8 Å². The van der Waals surface area contributed by atoms with E-state index in [2.05, 4.69) is 37.2 Å². The fraction of sp³-hybridized carbons (Fsp3) is 0.333. The Morgan fingerprint density at radius 2 is 2.11 bits per heavy atom. The molecule has 0 saturated heterocycles. The molecule has 0 spiro atoms. The van der Waals surface area contributed by atoms with Crippen LogP contribution in [0.1, 0.15) is 13.3 Å². The minimum Gasteiger partial charge on any atom is -0.480 e. The van der Waals surface area contributed by atoms with E-state index in [1.807, 2.05) is 12.1 Å². The molecule has 0 saturated carbocycles. The van der Waals surface area contributed by atoms with Gasteiger partial charge in [-0.25, -0.2) is 0 Å². The molecule has 1 amide bonds. The molecule has 0 aliphatic heterocycles. The third kappa shape index (κ3) is 5.54. The summed E-state index contributed by atoms with van der Waals surface area (Å²) in [5.74, 6) is -0.981. The SMILES string of the molecule is CCC(SCC(=O)Nc1ccc(Br)cc1Br)C(=O)O. The van der Waals surface area contributed by atoms with Crippen LogP contribution in [0, 0.1) is 0 Å². The highest BCUT2D eigenvalue weighted by Gasteiger charge is 2.17. The van der Waals surface area contributed by atoms with Crippen molar-refractivity contribution in [2.75, 3.05) is 11.1 Å². The first-order valence-electron chi connectivity index (χ1n) is 5.53. The first-order valence-corrected chi connectivity index (χ1v) is 8.16. The van der Waals surface area contributed by atoms with Gasteiger partial charge in [-0.2, -0.15) is 0 Å². The number of benzene rings is 1. The van der Waals surface area contributed by atoms with Crippen molar-refractivity contribution in [2.24, 2.45) is 0 Å². The molecule has 0 aliphatic carbocycles. The van der Waals surface area contributed by atoms with Gasteiger partial charge in [-0.1, -0.05) is 22.9 Å². The summed E-state index contributed by atoms with van der Waals surface area (Å²) in [7, 11) is 0. The first kappa shape index (κ1) is 16.5. The van der Waals surface area contributed by atoms with Crippen molar-refractivity contribution in [1.82, 2.24) is 0 Å². The molecule has 0 fully saturated rings. The summed E-state index contributed by atoms with van der Waals surface area (Å²) in [5.41, 5.74) is 0.664. The monoisotopic (exact) mass is 409 g/mol. The van der Waals surface area contributed by atoms with Gasteiger partial charge in [0.2, 0.25) is 5.91 Å². The van der Waals surface area contributed by atoms with Crippen LogP contribution in [0.3, 0.4) is 0 Å². The molecule has 7 heteroatoms. The number of halogens is 2. The van der Waals surface area contributed by atoms with Crippen LogP contribution in [0.15, 0.2) is 27.1 Å². The van der Waals surface area contributed by atoms with Crippen molar-refractivity contribution < 1.29 is 14.7 Å². The van der Waals surface area contributed by atoms with E-state index in [1.54, 1.807) is 13.0 Å². The number of hydrogen-bond acceptors (Lipinski definition) is 3. The highest BCUT2D eigenvalue weighted by molar-refractivity contribution is 9.11. The van der Waals surface area contributed by atoms with E-state index in [4.69, 9.17) is 5.11 Å². The third-order valence-corrected chi connectivity index (χ3v) is 4.78. The predicted octanol–water partition coefficient (Wildman–Crippen LogP) is 3.75. The molecule has 1 atom stereocenters. The fourth-order valence-electron chi connectivity index (χ4n) is 1.32. The van der Waals surface area contributed by atoms with Gasteiger partial charge < -0.3 is 10.4 Å². The molecule has 19 heavy (non-hydrogen) atoms. The zero-order chi connectivity index (χ0) is 14.4. The minimum absolute atomic E-state index is 0.118. The van der Waals surface area contributed by atoms with Crippen molar-refractivity contribution in [1.29, 1.82) is 0 Å². The predicted molar refractivity (Wildman–Crippen MR) is 84.6 cm³/mol. The maximum absolute atomic E-state index is 11.7. The summed E-state index contributed by atoms with van der Waals surface area (Å²) in [4.78, 5) is 22.6. The van der Waals surface area contributed by atoms with E-state index in [-0.39, 0.29) is 11.7 Å². The zero-order valence-corrected chi connectivity index (χ0v) is 14.1. The quantitative estimate of drug-likeness (QED) is 0.749. The smallest absolute Gasteiger partial charge is 0.316 e. The van der Waals surface area contributed by atoms with Gasteiger partial charge in [0.05, 0.1) is 11.4 Å². The standard InChI is InChI=1S/C12H13Br2NO3S/c1-2-10(12(17)18)19-6-11(16)15-9-4-3-7(13)5-8(9)14/h3-5,10H,2,6H2,1H3,(H,15,16)(H,17,18). The molecule has 1 aromatic rings. The summed E-state index contributed by atoms with van der Waals surface area (Å²) in [5, 5.41) is 11.1. The van der Waals surface area contributed by atoms with Crippen LogP contribution in [0.25, 0.3) is 0 Å². The molecule has 0 aliphatic rings. The number of nitrogens with one attached hydrogen (secondary N) is 1. The summed E-state index contributed by atoms with van der Waals surface area (Å²) in [6, 6.07) is 5.42. The number of carbonyl (C=O) groups is 2. The van der Waals surface area contributed by atoms with Gasteiger partial charge in [0.1, 0.15) is 5.25 Å². The fourth-order valence-corrected chi connectivity index (χ4v) is 3.27. The molecule has 0 heterocycles. The summed E-state index contributed by atoms with van der Waals surface area (Å²) in [6.07, 6.45) is 0.495. The van der Waals surface area contributed by atoms with Crippen LogP contribution in [0.4, 0.5) is 5.69 Å². The lowest BCUT2D eigenvalue weighted by molar-refractivity contribution is -0.136. The minimum atomic E-state index is -0.884. The van der Waals surface area contributed by atoms with Crippen LogP contribution in [0.2, 0.25) is 0 Å². The average Bonchev–Trinajstić information content (AvgIpc) is 2.33. The molecule has 0 radical (unpaired) electrons. The number of hydrogen-bond donors (Lipinski definition) is 2. The van der Waals surface area contributed by atoms with Crippen molar-refractivity contribution >= 4 is 61.2 Å². The van der Waals surface area contributed by atoms with Crippen LogP contribution in [-0.2, 0) is 9.59 Å². The van der Waals surface area contributed by atoms with E-state index in [9.17, 15) is 9.59 Å². The zero-order valence-electron chi connectivity index (χ0n) is 10.2. The van der Waals surface area contributed by atoms with Crippen molar-refractivity contribution in [3.8, 4) is 0 Å². The topological polar surface area (TPSA) is 66.4 Å². The molecular weight excluding hydrogens is 398 g/mol. The first-order chi connectivity index (χ1) is 8.93. The molecule has 0 bridgehead atoms. The van der Waals surface area contributed by atoms with E-state index < -0.39 is 11.2 Å². The van der Waals surface area contributed by atoms with E-state index >= 15 is 0 Å². The molecule has 104 valence electrons. The Morgan fingerprint density at radius 3 is 2.63 bits per heavy atom. The Bertz CT molecular complexity index is 482. The third-order valence-electron chi connectivity index (χ3n) is 2.27. The Balaban J connectivity index is 2.53. The highest BCUT2D eigenvalue weighted by Crippen LogP contribution is 2.26. The second-order valence-corrected chi connectivity index (χ2v) is 6.68. The van der Waals surface area contributed by atoms with Gasteiger partial charge in [0.15, 0.2) is 0 Å². The van der Waals surface area contributed by atoms with Gasteiger partial charge >= 0.3 is 5.97 Å². The largest absolute Gasteiger partial charge is 0.480 e. The molecule has 1 aromatic carbocycles. The lowest BCUT2D eigenvalue weighted by atomic mass is 10.3. The number of aliphatic carboxylic acids is 1. The number of carboxylic acid groups (broad SMARTS) is 1. The number of rotatable bonds is 6. The Morgan fingerprint density at radius 1 is 1.42 bits per heavy atom. The number of amides is 1. The molecule has 1 unspecified atom stereocenters. The Kier molecular flexibility index (Phi) is 6.88. The van der Waals surface area contributed by atoms with Crippen LogP contribution in [0.5, 0.6) is 0 Å². The Hall–Kier alpha value is -0.530. The normalized spacial score (nSPS) is 11.9. The van der Waals surface area contributed by atoms with Crippen molar-refractivity contribution in [3.63, 3.8) is 0 Å². The summed E-state index contributed by atoms with van der Waals surface area (Å²) < 4.78 is 1.68. The van der Waals surface area contributed by atoms with Gasteiger partial charge in [0.25, 0.3) is 0 Å². The van der Waals surface area contributed by atoms with Gasteiger partial charge in [-0.05, 0) is 40.5 Å². The number of thioether (sulfide) groups is 1. The van der Waals surface area contributed by atoms with Crippen LogP contribution < -0.4 is 5.32 Å². The molecule has 0 aromatic heterocycles. The van der Waals surface area contributed by atoms with Gasteiger partial charge in [0, 0.05) is 8.95 Å². The molecule has 4 nitrogen and oxygen atoms in total. The molecule has 1 rings (SSSR count).